The van der Waals surface area contributed by atoms with Crippen LogP contribution in [-0.4, -0.2) is 17.4 Å². The van der Waals surface area contributed by atoms with Crippen molar-refractivity contribution in [2.45, 2.75) is 45.6 Å². The molecule has 0 aliphatic carbocycles. The first-order valence-electron chi connectivity index (χ1n) is 4.13. The molecule has 0 fully saturated rings. The minimum atomic E-state index is -1.20. The smallest absolute Gasteiger partial charge is 0.170 e. The summed E-state index contributed by atoms with van der Waals surface area (Å²) < 4.78 is 5.96. The van der Waals surface area contributed by atoms with Crippen molar-refractivity contribution in [2.75, 3.05) is 0 Å². The normalized spacial score (nSPS) is 13.9. The van der Waals surface area contributed by atoms with Gasteiger partial charge in [-0.25, -0.2) is 0 Å². The first kappa shape index (κ1) is 13.9. The highest BCUT2D eigenvalue weighted by Gasteiger charge is 2.17. The Morgan fingerprint density at radius 1 is 1.27 bits per heavy atom. The fourth-order valence-corrected chi connectivity index (χ4v) is 7.18. The molecule has 0 saturated carbocycles. The first-order chi connectivity index (χ1) is 4.45. The summed E-state index contributed by atoms with van der Waals surface area (Å²) in [6.07, 6.45) is 1.29. The minimum Gasteiger partial charge on any atom is -0.458 e. The summed E-state index contributed by atoms with van der Waals surface area (Å²) in [6.45, 7) is 11.4. The van der Waals surface area contributed by atoms with Crippen molar-refractivity contribution in [3.8, 4) is 0 Å². The van der Waals surface area contributed by atoms with Crippen LogP contribution in [0.2, 0.25) is 32.2 Å². The molecule has 11 heavy (non-hydrogen) atoms. The highest BCUT2D eigenvalue weighted by molar-refractivity contribution is 6.77. The average molecular weight is 193 g/mol. The van der Waals surface area contributed by atoms with Gasteiger partial charge in [-0.05, 0) is 32.2 Å². The maximum Gasteiger partial charge on any atom is 0.170 e. The quantitative estimate of drug-likeness (QED) is 0.698. The second-order valence-corrected chi connectivity index (χ2v) is 11.2. The summed E-state index contributed by atoms with van der Waals surface area (Å²) in [5.74, 6) is 0. The van der Waals surface area contributed by atoms with Crippen LogP contribution in [-0.2, 0) is 4.12 Å². The summed E-state index contributed by atoms with van der Waals surface area (Å²) in [5, 5.41) is 0. The topological polar surface area (TPSA) is 44.2 Å². The molecule has 0 heterocycles. The Kier molecular flexibility index (Phi) is 7.51. The summed E-state index contributed by atoms with van der Waals surface area (Å²) >= 11 is 0. The SMILES string of the molecule is CCC[SiH](C)O[Si](C)(C)C.N. The standard InChI is InChI=1S/C7H20OSi2.H3N/c1-6-7-9(2)8-10(3,4)5;/h9H,6-7H2,1-5H3;1H3. The lowest BCUT2D eigenvalue weighted by atomic mass is 10.6. The lowest BCUT2D eigenvalue weighted by Gasteiger charge is -2.22. The van der Waals surface area contributed by atoms with E-state index in [0.29, 0.717) is 0 Å². The fraction of sp³-hybridized carbons (Fsp3) is 1.00. The van der Waals surface area contributed by atoms with Crippen LogP contribution in [0.25, 0.3) is 0 Å². The van der Waals surface area contributed by atoms with Gasteiger partial charge in [-0.2, -0.15) is 0 Å². The lowest BCUT2D eigenvalue weighted by Crippen LogP contribution is -2.32. The number of hydrogen-bond acceptors (Lipinski definition) is 2. The molecule has 0 aliphatic rings. The van der Waals surface area contributed by atoms with Crippen molar-refractivity contribution in [1.29, 1.82) is 0 Å². The zero-order chi connectivity index (χ0) is 8.20. The van der Waals surface area contributed by atoms with Gasteiger partial charge in [0.15, 0.2) is 17.4 Å². The third kappa shape index (κ3) is 10.4. The van der Waals surface area contributed by atoms with Crippen molar-refractivity contribution >= 4 is 17.4 Å². The van der Waals surface area contributed by atoms with Crippen LogP contribution in [0.15, 0.2) is 0 Å². The van der Waals surface area contributed by atoms with E-state index in [9.17, 15) is 0 Å². The maximum atomic E-state index is 5.96. The Hall–Kier alpha value is 0.354. The van der Waals surface area contributed by atoms with Crippen LogP contribution in [0, 0.1) is 0 Å². The van der Waals surface area contributed by atoms with E-state index in [2.05, 4.69) is 33.1 Å². The van der Waals surface area contributed by atoms with Crippen LogP contribution < -0.4 is 6.15 Å². The van der Waals surface area contributed by atoms with Gasteiger partial charge in [0.1, 0.15) is 0 Å². The lowest BCUT2D eigenvalue weighted by molar-refractivity contribution is 0.571. The molecule has 3 N–H and O–H groups in total. The summed E-state index contributed by atoms with van der Waals surface area (Å²) in [4.78, 5) is 0. The molecule has 2 nitrogen and oxygen atoms in total. The molecule has 0 amide bonds. The first-order valence-corrected chi connectivity index (χ1v) is 9.98. The summed E-state index contributed by atoms with van der Waals surface area (Å²) in [6, 6.07) is 1.34. The Morgan fingerprint density at radius 2 is 1.73 bits per heavy atom. The van der Waals surface area contributed by atoms with Gasteiger partial charge in [-0.3, -0.25) is 0 Å². The van der Waals surface area contributed by atoms with E-state index in [0.717, 1.165) is 0 Å². The van der Waals surface area contributed by atoms with Crippen molar-refractivity contribution in [2.24, 2.45) is 0 Å². The van der Waals surface area contributed by atoms with Crippen molar-refractivity contribution in [3.05, 3.63) is 0 Å². The van der Waals surface area contributed by atoms with Crippen molar-refractivity contribution in [3.63, 3.8) is 0 Å². The third-order valence-electron chi connectivity index (χ3n) is 1.25. The largest absolute Gasteiger partial charge is 0.458 e. The second-order valence-electron chi connectivity index (χ2n) is 3.83. The molecule has 0 bridgehead atoms. The van der Waals surface area contributed by atoms with E-state index in [1.165, 1.54) is 12.5 Å². The van der Waals surface area contributed by atoms with E-state index in [1.54, 1.807) is 0 Å². The van der Waals surface area contributed by atoms with E-state index in [-0.39, 0.29) is 6.15 Å². The molecule has 0 aromatic carbocycles. The van der Waals surface area contributed by atoms with E-state index in [1.807, 2.05) is 0 Å². The molecular formula is C7H23NOSi2. The predicted molar refractivity (Wildman–Crippen MR) is 57.6 cm³/mol. The molecule has 0 aliphatic heterocycles. The second kappa shape index (κ2) is 5.94. The molecule has 0 rings (SSSR count). The number of rotatable bonds is 4. The average Bonchev–Trinajstić information content (AvgIpc) is 1.59. The minimum absolute atomic E-state index is 0. The molecule has 0 aromatic rings. The number of hydrogen-bond donors (Lipinski definition) is 1. The van der Waals surface area contributed by atoms with E-state index < -0.39 is 17.4 Å². The Bertz CT molecular complexity index is 92.9. The Labute approximate surface area is 73.8 Å². The van der Waals surface area contributed by atoms with Crippen LogP contribution in [0.3, 0.4) is 0 Å². The van der Waals surface area contributed by atoms with Crippen LogP contribution >= 0.6 is 0 Å². The van der Waals surface area contributed by atoms with Crippen LogP contribution in [0.5, 0.6) is 0 Å². The zero-order valence-corrected chi connectivity index (χ0v) is 10.8. The predicted octanol–water partition coefficient (Wildman–Crippen LogP) is 2.76. The van der Waals surface area contributed by atoms with Gasteiger partial charge in [0.25, 0.3) is 0 Å². The monoisotopic (exact) mass is 193 g/mol. The molecule has 0 aromatic heterocycles. The van der Waals surface area contributed by atoms with E-state index in [4.69, 9.17) is 4.12 Å². The van der Waals surface area contributed by atoms with Gasteiger partial charge in [-0.15, -0.1) is 0 Å². The highest BCUT2D eigenvalue weighted by atomic mass is 28.4. The van der Waals surface area contributed by atoms with Gasteiger partial charge < -0.3 is 10.3 Å². The maximum absolute atomic E-state index is 5.96. The Morgan fingerprint density at radius 3 is 2.00 bits per heavy atom. The molecule has 0 spiro atoms. The molecule has 1 atom stereocenters. The molecule has 70 valence electrons. The van der Waals surface area contributed by atoms with E-state index >= 15 is 0 Å². The molecule has 0 saturated heterocycles. The third-order valence-corrected chi connectivity index (χ3v) is 7.08. The summed E-state index contributed by atoms with van der Waals surface area (Å²) in [5.41, 5.74) is 0. The Balaban J connectivity index is 0. The van der Waals surface area contributed by atoms with Gasteiger partial charge in [-0.1, -0.05) is 13.3 Å². The van der Waals surface area contributed by atoms with Crippen molar-refractivity contribution in [1.82, 2.24) is 6.15 Å². The van der Waals surface area contributed by atoms with Crippen LogP contribution in [0.1, 0.15) is 13.3 Å². The molecule has 4 heteroatoms. The zero-order valence-electron chi connectivity index (χ0n) is 8.61. The highest BCUT2D eigenvalue weighted by Crippen LogP contribution is 2.08. The molecule has 0 radical (unpaired) electrons. The molecule has 1 unspecified atom stereocenters. The van der Waals surface area contributed by atoms with Gasteiger partial charge in [0, 0.05) is 0 Å². The van der Waals surface area contributed by atoms with Gasteiger partial charge in [0.2, 0.25) is 0 Å². The molecular weight excluding hydrogens is 170 g/mol. The van der Waals surface area contributed by atoms with Crippen LogP contribution in [0.4, 0.5) is 0 Å². The van der Waals surface area contributed by atoms with Gasteiger partial charge >= 0.3 is 0 Å². The fourth-order valence-electron chi connectivity index (χ4n) is 1.07. The summed E-state index contributed by atoms with van der Waals surface area (Å²) in [7, 11) is -1.96. The van der Waals surface area contributed by atoms with Crippen molar-refractivity contribution < 1.29 is 4.12 Å². The van der Waals surface area contributed by atoms with Gasteiger partial charge in [0.05, 0.1) is 0 Å².